The van der Waals surface area contributed by atoms with E-state index in [2.05, 4.69) is 0 Å². The molecular weight excluding hydrogens is 245 g/mol. The Bertz CT molecular complexity index is 584. The Morgan fingerprint density at radius 3 is 2.58 bits per heavy atom. The molecule has 0 aliphatic rings. The van der Waals surface area contributed by atoms with Crippen molar-refractivity contribution in [2.45, 2.75) is 13.5 Å². The second kappa shape index (κ2) is 5.61. The predicted molar refractivity (Wildman–Crippen MR) is 72.9 cm³/mol. The van der Waals surface area contributed by atoms with Crippen LogP contribution in [0.15, 0.2) is 36.4 Å². The molecule has 0 aromatic heterocycles. The quantitative estimate of drug-likeness (QED) is 0.859. The number of aryl methyl sites for hydroxylation is 1. The molecule has 0 saturated carbocycles. The molecule has 0 saturated heterocycles. The van der Waals surface area contributed by atoms with Crippen molar-refractivity contribution in [3.8, 4) is 11.5 Å². The normalized spacial score (nSPS) is 10.3. The molecule has 0 radical (unpaired) electrons. The lowest BCUT2D eigenvalue weighted by Crippen LogP contribution is -1.99. The van der Waals surface area contributed by atoms with Crippen LogP contribution in [0.5, 0.6) is 11.5 Å². The van der Waals surface area contributed by atoms with Gasteiger partial charge in [-0.2, -0.15) is 0 Å². The number of anilines is 1. The highest BCUT2D eigenvalue weighted by atomic mass is 19.1. The number of ether oxygens (including phenoxy) is 2. The van der Waals surface area contributed by atoms with Crippen LogP contribution in [0.3, 0.4) is 0 Å². The second-order valence-corrected chi connectivity index (χ2v) is 4.28. The van der Waals surface area contributed by atoms with E-state index in [1.54, 1.807) is 18.2 Å². The lowest BCUT2D eigenvalue weighted by molar-refractivity contribution is 0.303. The maximum absolute atomic E-state index is 13.5. The van der Waals surface area contributed by atoms with Crippen molar-refractivity contribution in [2.24, 2.45) is 0 Å². The molecule has 100 valence electrons. The molecule has 0 atom stereocenters. The number of nitrogens with two attached hydrogens (primary N) is 1. The van der Waals surface area contributed by atoms with E-state index in [4.69, 9.17) is 15.2 Å². The third kappa shape index (κ3) is 3.16. The minimum atomic E-state index is -0.395. The van der Waals surface area contributed by atoms with E-state index in [1.165, 1.54) is 13.2 Å². The molecule has 3 nitrogen and oxygen atoms in total. The van der Waals surface area contributed by atoms with Crippen molar-refractivity contribution in [1.82, 2.24) is 0 Å². The van der Waals surface area contributed by atoms with Crippen LogP contribution in [0, 0.1) is 12.7 Å². The van der Waals surface area contributed by atoms with Crippen LogP contribution >= 0.6 is 0 Å². The number of halogens is 1. The summed E-state index contributed by atoms with van der Waals surface area (Å²) in [5, 5.41) is 0. The lowest BCUT2D eigenvalue weighted by Gasteiger charge is -2.10. The van der Waals surface area contributed by atoms with E-state index in [-0.39, 0.29) is 12.4 Å². The summed E-state index contributed by atoms with van der Waals surface area (Å²) in [5.41, 5.74) is 8.07. The zero-order valence-corrected chi connectivity index (χ0v) is 10.9. The van der Waals surface area contributed by atoms with Gasteiger partial charge in [0.2, 0.25) is 0 Å². The van der Waals surface area contributed by atoms with Crippen LogP contribution in [-0.4, -0.2) is 7.11 Å². The van der Waals surface area contributed by atoms with Gasteiger partial charge >= 0.3 is 0 Å². The highest BCUT2D eigenvalue weighted by molar-refractivity contribution is 5.48. The molecule has 0 heterocycles. The number of rotatable bonds is 4. The second-order valence-electron chi connectivity index (χ2n) is 4.28. The maximum atomic E-state index is 13.5. The van der Waals surface area contributed by atoms with Crippen molar-refractivity contribution in [2.75, 3.05) is 12.8 Å². The van der Waals surface area contributed by atoms with Crippen molar-refractivity contribution < 1.29 is 13.9 Å². The van der Waals surface area contributed by atoms with Crippen molar-refractivity contribution in [3.05, 3.63) is 53.3 Å². The predicted octanol–water partition coefficient (Wildman–Crippen LogP) is 3.30. The minimum absolute atomic E-state index is 0.226. The molecule has 0 spiro atoms. The van der Waals surface area contributed by atoms with Crippen LogP contribution in [-0.2, 0) is 6.61 Å². The van der Waals surface area contributed by atoms with Gasteiger partial charge in [0, 0.05) is 11.8 Å². The van der Waals surface area contributed by atoms with Crippen molar-refractivity contribution >= 4 is 5.69 Å². The van der Waals surface area contributed by atoms with Gasteiger partial charge in [-0.1, -0.05) is 12.1 Å². The van der Waals surface area contributed by atoms with Crippen molar-refractivity contribution in [1.29, 1.82) is 0 Å². The number of hydrogen-bond donors (Lipinski definition) is 1. The Morgan fingerprint density at radius 2 is 1.89 bits per heavy atom. The number of methoxy groups -OCH3 is 1. The van der Waals surface area contributed by atoms with Crippen LogP contribution in [0.1, 0.15) is 11.1 Å². The SMILES string of the molecule is COc1ccc(COc2cc(N)ccc2C)cc1F. The molecule has 0 unspecified atom stereocenters. The van der Waals surface area contributed by atoms with E-state index in [9.17, 15) is 4.39 Å². The third-order valence-corrected chi connectivity index (χ3v) is 2.82. The molecule has 0 amide bonds. The summed E-state index contributed by atoms with van der Waals surface area (Å²) < 4.78 is 24.0. The summed E-state index contributed by atoms with van der Waals surface area (Å²) in [6.07, 6.45) is 0. The van der Waals surface area contributed by atoms with E-state index < -0.39 is 5.82 Å². The van der Waals surface area contributed by atoms with E-state index in [1.807, 2.05) is 19.1 Å². The summed E-state index contributed by atoms with van der Waals surface area (Å²) >= 11 is 0. The average Bonchev–Trinajstić information content (AvgIpc) is 2.40. The Morgan fingerprint density at radius 1 is 1.11 bits per heavy atom. The van der Waals surface area contributed by atoms with E-state index >= 15 is 0 Å². The summed E-state index contributed by atoms with van der Waals surface area (Å²) in [6.45, 7) is 2.22. The fourth-order valence-corrected chi connectivity index (χ4v) is 1.73. The van der Waals surface area contributed by atoms with Gasteiger partial charge in [-0.15, -0.1) is 0 Å². The number of benzene rings is 2. The van der Waals surface area contributed by atoms with E-state index in [0.717, 1.165) is 11.1 Å². The summed E-state index contributed by atoms with van der Waals surface area (Å²) in [6, 6.07) is 10.2. The third-order valence-electron chi connectivity index (χ3n) is 2.82. The monoisotopic (exact) mass is 261 g/mol. The van der Waals surface area contributed by atoms with Crippen LogP contribution in [0.2, 0.25) is 0 Å². The van der Waals surface area contributed by atoms with E-state index in [0.29, 0.717) is 11.4 Å². The molecule has 4 heteroatoms. The van der Waals surface area contributed by atoms with Gasteiger partial charge < -0.3 is 15.2 Å². The molecule has 2 N–H and O–H groups in total. The zero-order valence-electron chi connectivity index (χ0n) is 10.9. The van der Waals surface area contributed by atoms with Crippen LogP contribution in [0.4, 0.5) is 10.1 Å². The lowest BCUT2D eigenvalue weighted by atomic mass is 10.2. The van der Waals surface area contributed by atoms with Gasteiger partial charge in [0.05, 0.1) is 7.11 Å². The highest BCUT2D eigenvalue weighted by Crippen LogP contribution is 2.23. The fourth-order valence-electron chi connectivity index (χ4n) is 1.73. The zero-order chi connectivity index (χ0) is 13.8. The molecule has 0 aliphatic carbocycles. The molecule has 0 aliphatic heterocycles. The fraction of sp³-hybridized carbons (Fsp3) is 0.200. The largest absolute Gasteiger partial charge is 0.494 e. The summed E-state index contributed by atoms with van der Waals surface area (Å²) in [7, 11) is 1.44. The van der Waals surface area contributed by atoms with Crippen LogP contribution in [0.25, 0.3) is 0 Å². The minimum Gasteiger partial charge on any atom is -0.494 e. The molecule has 2 aromatic rings. The topological polar surface area (TPSA) is 44.5 Å². The van der Waals surface area contributed by atoms with Crippen LogP contribution < -0.4 is 15.2 Å². The Kier molecular flexibility index (Phi) is 3.90. The highest BCUT2D eigenvalue weighted by Gasteiger charge is 2.05. The van der Waals surface area contributed by atoms with Gasteiger partial charge in [0.15, 0.2) is 11.6 Å². The van der Waals surface area contributed by atoms with Gasteiger partial charge in [-0.05, 0) is 36.2 Å². The smallest absolute Gasteiger partial charge is 0.165 e. The Hall–Kier alpha value is -2.23. The van der Waals surface area contributed by atoms with Gasteiger partial charge in [-0.3, -0.25) is 0 Å². The molecule has 2 rings (SSSR count). The molecule has 0 bridgehead atoms. The number of hydrogen-bond acceptors (Lipinski definition) is 3. The first-order chi connectivity index (χ1) is 9.10. The Balaban J connectivity index is 2.10. The molecule has 2 aromatic carbocycles. The first kappa shape index (κ1) is 13.2. The van der Waals surface area contributed by atoms with Gasteiger partial charge in [0.1, 0.15) is 12.4 Å². The standard InChI is InChI=1S/C15H16FNO2/c1-10-3-5-12(17)8-15(10)19-9-11-4-6-14(18-2)13(16)7-11/h3-8H,9,17H2,1-2H3. The molecular formula is C15H16FNO2. The first-order valence-electron chi connectivity index (χ1n) is 5.91. The van der Waals surface area contributed by atoms with Crippen molar-refractivity contribution in [3.63, 3.8) is 0 Å². The average molecular weight is 261 g/mol. The summed E-state index contributed by atoms with van der Waals surface area (Å²) in [4.78, 5) is 0. The number of nitrogen functional groups attached to an aromatic ring is 1. The van der Waals surface area contributed by atoms with Gasteiger partial charge in [-0.25, -0.2) is 4.39 Å². The first-order valence-corrected chi connectivity index (χ1v) is 5.91. The summed E-state index contributed by atoms with van der Waals surface area (Å²) in [5.74, 6) is 0.535. The molecule has 0 fully saturated rings. The Labute approximate surface area is 111 Å². The van der Waals surface area contributed by atoms with Gasteiger partial charge in [0.25, 0.3) is 0 Å². The maximum Gasteiger partial charge on any atom is 0.165 e. The molecule has 19 heavy (non-hydrogen) atoms.